The van der Waals surface area contributed by atoms with Gasteiger partial charge in [0.25, 0.3) is 0 Å². The van der Waals surface area contributed by atoms with E-state index in [4.69, 9.17) is 11.6 Å². The lowest BCUT2D eigenvalue weighted by atomic mass is 10.1. The zero-order chi connectivity index (χ0) is 10.8. The van der Waals surface area contributed by atoms with Gasteiger partial charge in [0.1, 0.15) is 0 Å². The maximum Gasteiger partial charge on any atom is 0.158 e. The first kappa shape index (κ1) is 10.4. The number of fused-ring (bicyclic) bond motifs is 1. The summed E-state index contributed by atoms with van der Waals surface area (Å²) in [7, 11) is 1.95. The van der Waals surface area contributed by atoms with Gasteiger partial charge in [0.15, 0.2) is 5.65 Å². The van der Waals surface area contributed by atoms with Crippen LogP contribution in [0.3, 0.4) is 0 Å². The van der Waals surface area contributed by atoms with Crippen molar-refractivity contribution in [1.82, 2.24) is 19.9 Å². The van der Waals surface area contributed by atoms with Gasteiger partial charge in [0, 0.05) is 17.8 Å². The molecule has 2 rings (SSSR count). The Hall–Kier alpha value is -1.13. The summed E-state index contributed by atoms with van der Waals surface area (Å²) < 4.78 is 1.71. The summed E-state index contributed by atoms with van der Waals surface area (Å²) >= 11 is 5.83. The first-order valence-corrected chi connectivity index (χ1v) is 5.23. The average Bonchev–Trinajstić information content (AvgIpc) is 2.60. The van der Waals surface area contributed by atoms with Crippen molar-refractivity contribution in [3.05, 3.63) is 29.2 Å². The van der Waals surface area contributed by atoms with Gasteiger partial charge in [-0.05, 0) is 20.4 Å². The summed E-state index contributed by atoms with van der Waals surface area (Å²) in [6.07, 6.45) is 6.16. The Morgan fingerprint density at radius 3 is 3.07 bits per heavy atom. The molecule has 0 amide bonds. The number of hydrogen-bond donors (Lipinski definition) is 1. The lowest BCUT2D eigenvalue weighted by Crippen LogP contribution is -2.23. The number of rotatable bonds is 3. The van der Waals surface area contributed by atoms with Crippen LogP contribution in [0, 0.1) is 0 Å². The van der Waals surface area contributed by atoms with Crippen molar-refractivity contribution in [1.29, 1.82) is 0 Å². The quantitative estimate of drug-likeness (QED) is 0.860. The highest BCUT2D eigenvalue weighted by Gasteiger charge is 2.08. The van der Waals surface area contributed by atoms with Gasteiger partial charge < -0.3 is 5.32 Å². The van der Waals surface area contributed by atoms with Crippen molar-refractivity contribution in [3.8, 4) is 0 Å². The van der Waals surface area contributed by atoms with Crippen molar-refractivity contribution >= 4 is 17.2 Å². The van der Waals surface area contributed by atoms with Crippen LogP contribution in [0.4, 0.5) is 0 Å². The predicted molar refractivity (Wildman–Crippen MR) is 60.2 cm³/mol. The van der Waals surface area contributed by atoms with Crippen LogP contribution in [0.15, 0.2) is 18.6 Å². The number of halogens is 1. The summed E-state index contributed by atoms with van der Waals surface area (Å²) in [6.45, 7) is 2.12. The molecule has 0 fully saturated rings. The number of hydrogen-bond acceptors (Lipinski definition) is 3. The molecular weight excluding hydrogens is 212 g/mol. The molecular formula is C10H13ClN4. The molecule has 0 spiro atoms. The zero-order valence-corrected chi connectivity index (χ0v) is 9.49. The summed E-state index contributed by atoms with van der Waals surface area (Å²) in [6, 6.07) is 0.412. The normalized spacial score (nSPS) is 13.3. The topological polar surface area (TPSA) is 42.2 Å². The van der Waals surface area contributed by atoms with Gasteiger partial charge in [-0.2, -0.15) is 5.10 Å². The molecule has 80 valence electrons. The van der Waals surface area contributed by atoms with Gasteiger partial charge in [-0.15, -0.1) is 0 Å². The first-order valence-electron chi connectivity index (χ1n) is 4.85. The molecule has 0 aliphatic heterocycles. The smallest absolute Gasteiger partial charge is 0.158 e. The van der Waals surface area contributed by atoms with Gasteiger partial charge in [0.05, 0.1) is 17.4 Å². The van der Waals surface area contributed by atoms with E-state index in [9.17, 15) is 0 Å². The molecule has 5 heteroatoms. The highest BCUT2D eigenvalue weighted by atomic mass is 35.5. The van der Waals surface area contributed by atoms with Crippen molar-refractivity contribution in [2.75, 3.05) is 7.05 Å². The molecule has 1 atom stereocenters. The molecule has 0 saturated carbocycles. The molecule has 0 saturated heterocycles. The Morgan fingerprint density at radius 1 is 1.53 bits per heavy atom. The van der Waals surface area contributed by atoms with Gasteiger partial charge in [-0.25, -0.2) is 9.50 Å². The molecule has 0 bridgehead atoms. The largest absolute Gasteiger partial charge is 0.317 e. The third-order valence-electron chi connectivity index (χ3n) is 2.42. The van der Waals surface area contributed by atoms with E-state index in [1.54, 1.807) is 16.9 Å². The minimum Gasteiger partial charge on any atom is -0.317 e. The maximum absolute atomic E-state index is 5.83. The fourth-order valence-corrected chi connectivity index (χ4v) is 1.62. The van der Waals surface area contributed by atoms with Gasteiger partial charge in [-0.3, -0.25) is 0 Å². The molecule has 1 unspecified atom stereocenters. The van der Waals surface area contributed by atoms with Crippen LogP contribution < -0.4 is 5.32 Å². The fraction of sp³-hybridized carbons (Fsp3) is 0.400. The van der Waals surface area contributed by atoms with Crippen LogP contribution in [0.25, 0.3) is 5.65 Å². The van der Waals surface area contributed by atoms with Crippen molar-refractivity contribution < 1.29 is 0 Å². The molecule has 0 radical (unpaired) electrons. The van der Waals surface area contributed by atoms with E-state index in [1.807, 2.05) is 13.2 Å². The lowest BCUT2D eigenvalue weighted by Gasteiger charge is -2.07. The standard InChI is InChI=1S/C10H13ClN4/c1-7(12-2)3-8-4-14-15-6-9(11)5-13-10(8)15/h4-7,12H,3H2,1-2H3. The Morgan fingerprint density at radius 2 is 2.33 bits per heavy atom. The molecule has 2 aromatic rings. The maximum atomic E-state index is 5.83. The Bertz CT molecular complexity index is 465. The van der Waals surface area contributed by atoms with Crippen LogP contribution in [0.1, 0.15) is 12.5 Å². The van der Waals surface area contributed by atoms with Crippen molar-refractivity contribution in [2.24, 2.45) is 0 Å². The fourth-order valence-electron chi connectivity index (χ4n) is 1.48. The van der Waals surface area contributed by atoms with Gasteiger partial charge in [-0.1, -0.05) is 11.6 Å². The molecule has 2 aromatic heterocycles. The molecule has 15 heavy (non-hydrogen) atoms. The highest BCUT2D eigenvalue weighted by molar-refractivity contribution is 6.30. The van der Waals surface area contributed by atoms with E-state index < -0.39 is 0 Å². The molecule has 2 heterocycles. The summed E-state index contributed by atoms with van der Waals surface area (Å²) in [5.74, 6) is 0. The number of nitrogens with zero attached hydrogens (tertiary/aromatic N) is 3. The Balaban J connectivity index is 2.36. The monoisotopic (exact) mass is 224 g/mol. The van der Waals surface area contributed by atoms with Crippen molar-refractivity contribution in [3.63, 3.8) is 0 Å². The molecule has 4 nitrogen and oxygen atoms in total. The molecule has 1 N–H and O–H groups in total. The first-order chi connectivity index (χ1) is 7.20. The number of aromatic nitrogens is 3. The second-order valence-corrected chi connectivity index (χ2v) is 4.04. The van der Waals surface area contributed by atoms with Gasteiger partial charge >= 0.3 is 0 Å². The SMILES string of the molecule is CNC(C)Cc1cnn2cc(Cl)cnc12. The summed E-state index contributed by atoms with van der Waals surface area (Å²) in [4.78, 5) is 4.27. The van der Waals surface area contributed by atoms with E-state index in [-0.39, 0.29) is 0 Å². The second kappa shape index (κ2) is 4.16. The molecule has 0 aliphatic carbocycles. The van der Waals surface area contributed by atoms with Crippen LogP contribution in [-0.4, -0.2) is 27.7 Å². The van der Waals surface area contributed by atoms with E-state index in [2.05, 4.69) is 22.3 Å². The number of likely N-dealkylation sites (N-methyl/N-ethyl adjacent to an activating group) is 1. The highest BCUT2D eigenvalue weighted by Crippen LogP contribution is 2.13. The minimum atomic E-state index is 0.412. The number of nitrogens with one attached hydrogen (secondary N) is 1. The Kier molecular flexibility index (Phi) is 2.88. The van der Waals surface area contributed by atoms with E-state index in [0.29, 0.717) is 11.1 Å². The van der Waals surface area contributed by atoms with Gasteiger partial charge in [0.2, 0.25) is 0 Å². The van der Waals surface area contributed by atoms with E-state index in [0.717, 1.165) is 17.6 Å². The minimum absolute atomic E-state index is 0.412. The van der Waals surface area contributed by atoms with Crippen LogP contribution in [0.2, 0.25) is 5.02 Å². The van der Waals surface area contributed by atoms with Crippen LogP contribution >= 0.6 is 11.6 Å². The summed E-state index contributed by atoms with van der Waals surface area (Å²) in [5.41, 5.74) is 2.01. The summed E-state index contributed by atoms with van der Waals surface area (Å²) in [5, 5.41) is 7.99. The van der Waals surface area contributed by atoms with Crippen LogP contribution in [-0.2, 0) is 6.42 Å². The van der Waals surface area contributed by atoms with E-state index in [1.165, 1.54) is 0 Å². The van der Waals surface area contributed by atoms with Crippen molar-refractivity contribution in [2.45, 2.75) is 19.4 Å². The van der Waals surface area contributed by atoms with Crippen LogP contribution in [0.5, 0.6) is 0 Å². The second-order valence-electron chi connectivity index (χ2n) is 3.60. The third kappa shape index (κ3) is 2.11. The Labute approximate surface area is 93.3 Å². The molecule has 0 aromatic carbocycles. The zero-order valence-electron chi connectivity index (χ0n) is 8.74. The molecule has 0 aliphatic rings. The third-order valence-corrected chi connectivity index (χ3v) is 2.61. The predicted octanol–water partition coefficient (Wildman–Crippen LogP) is 1.53. The lowest BCUT2D eigenvalue weighted by molar-refractivity contribution is 0.610. The van der Waals surface area contributed by atoms with E-state index >= 15 is 0 Å². The average molecular weight is 225 g/mol.